The van der Waals surface area contributed by atoms with Crippen LogP contribution in [0, 0.1) is 5.92 Å². The topological polar surface area (TPSA) is 55.4 Å². The van der Waals surface area contributed by atoms with Crippen LogP contribution in [0.25, 0.3) is 6.08 Å². The maximum absolute atomic E-state index is 11.6. The Balaban J connectivity index is 2.93. The Morgan fingerprint density at radius 1 is 1.25 bits per heavy atom. The molecule has 0 aliphatic carbocycles. The molecule has 0 saturated heterocycles. The molecule has 108 valence electrons. The van der Waals surface area contributed by atoms with E-state index in [0.717, 1.165) is 12.0 Å². The van der Waals surface area contributed by atoms with Gasteiger partial charge in [0, 0.05) is 6.92 Å². The van der Waals surface area contributed by atoms with Crippen molar-refractivity contribution in [2.24, 2.45) is 5.92 Å². The second-order valence-corrected chi connectivity index (χ2v) is 5.07. The fraction of sp³-hybridized carbons (Fsp3) is 0.375. The maximum Gasteiger partial charge on any atom is 0.354 e. The van der Waals surface area contributed by atoms with Crippen LogP contribution in [-0.4, -0.2) is 19.0 Å². The van der Waals surface area contributed by atoms with E-state index in [4.69, 9.17) is 0 Å². The molecule has 0 spiro atoms. The normalized spacial score (nSPS) is 11.3. The van der Waals surface area contributed by atoms with E-state index in [-0.39, 0.29) is 11.6 Å². The first-order valence-corrected chi connectivity index (χ1v) is 6.59. The fourth-order valence-electron chi connectivity index (χ4n) is 1.83. The van der Waals surface area contributed by atoms with Crippen LogP contribution in [0.1, 0.15) is 31.9 Å². The van der Waals surface area contributed by atoms with Crippen LogP contribution in [0.3, 0.4) is 0 Å². The predicted molar refractivity (Wildman–Crippen MR) is 78.8 cm³/mol. The molecule has 0 saturated carbocycles. The van der Waals surface area contributed by atoms with Crippen LogP contribution in [0.4, 0.5) is 0 Å². The van der Waals surface area contributed by atoms with Crippen molar-refractivity contribution in [2.45, 2.75) is 27.2 Å². The SMILES string of the molecule is COC(=O)C(=Cc1ccc(CC(C)C)cc1)NC(C)=O. The maximum atomic E-state index is 11.6. The van der Waals surface area contributed by atoms with Crippen LogP contribution >= 0.6 is 0 Å². The van der Waals surface area contributed by atoms with Gasteiger partial charge in [0.05, 0.1) is 7.11 Å². The number of hydrogen-bond donors (Lipinski definition) is 1. The van der Waals surface area contributed by atoms with Crippen molar-refractivity contribution < 1.29 is 14.3 Å². The molecule has 0 radical (unpaired) electrons. The number of benzene rings is 1. The summed E-state index contributed by atoms with van der Waals surface area (Å²) in [4.78, 5) is 22.6. The number of rotatable bonds is 5. The zero-order valence-corrected chi connectivity index (χ0v) is 12.4. The van der Waals surface area contributed by atoms with Gasteiger partial charge in [-0.15, -0.1) is 0 Å². The molecule has 1 aromatic carbocycles. The lowest BCUT2D eigenvalue weighted by Crippen LogP contribution is -2.25. The molecule has 0 unspecified atom stereocenters. The summed E-state index contributed by atoms with van der Waals surface area (Å²) in [6, 6.07) is 7.88. The summed E-state index contributed by atoms with van der Waals surface area (Å²) in [5.74, 6) is -0.272. The first-order chi connectivity index (χ1) is 9.42. The van der Waals surface area contributed by atoms with E-state index >= 15 is 0 Å². The Morgan fingerprint density at radius 2 is 1.85 bits per heavy atom. The van der Waals surface area contributed by atoms with Gasteiger partial charge >= 0.3 is 5.97 Å². The minimum Gasteiger partial charge on any atom is -0.464 e. The molecule has 20 heavy (non-hydrogen) atoms. The number of amides is 1. The van der Waals surface area contributed by atoms with Crippen LogP contribution < -0.4 is 5.32 Å². The van der Waals surface area contributed by atoms with E-state index in [2.05, 4.69) is 23.9 Å². The molecule has 0 heterocycles. The molecule has 1 N–H and O–H groups in total. The molecule has 0 atom stereocenters. The van der Waals surface area contributed by atoms with Gasteiger partial charge in [-0.1, -0.05) is 38.1 Å². The van der Waals surface area contributed by atoms with Crippen molar-refractivity contribution in [1.82, 2.24) is 5.32 Å². The number of ether oxygens (including phenoxy) is 1. The first kappa shape index (κ1) is 16.0. The van der Waals surface area contributed by atoms with Crippen molar-refractivity contribution in [3.63, 3.8) is 0 Å². The number of nitrogens with one attached hydrogen (secondary N) is 1. The number of carbonyl (C=O) groups excluding carboxylic acids is 2. The molecule has 4 heteroatoms. The molecule has 0 aromatic heterocycles. The molecule has 1 rings (SSSR count). The van der Waals surface area contributed by atoms with Crippen LogP contribution in [-0.2, 0) is 20.7 Å². The summed E-state index contributed by atoms with van der Waals surface area (Å²) < 4.78 is 4.64. The minimum absolute atomic E-state index is 0.136. The summed E-state index contributed by atoms with van der Waals surface area (Å²) in [5.41, 5.74) is 2.22. The highest BCUT2D eigenvalue weighted by Gasteiger charge is 2.11. The molecule has 0 bridgehead atoms. The molecule has 4 nitrogen and oxygen atoms in total. The number of esters is 1. The lowest BCUT2D eigenvalue weighted by Gasteiger charge is -2.07. The molecule has 0 aliphatic heterocycles. The zero-order valence-electron chi connectivity index (χ0n) is 12.4. The second-order valence-electron chi connectivity index (χ2n) is 5.07. The molecular weight excluding hydrogens is 254 g/mol. The summed E-state index contributed by atoms with van der Waals surface area (Å²) in [7, 11) is 1.28. The summed E-state index contributed by atoms with van der Waals surface area (Å²) >= 11 is 0. The van der Waals surface area contributed by atoms with E-state index < -0.39 is 5.97 Å². The summed E-state index contributed by atoms with van der Waals surface area (Å²) in [5, 5.41) is 2.47. The lowest BCUT2D eigenvalue weighted by atomic mass is 10.0. The standard InChI is InChI=1S/C16H21NO3/c1-11(2)9-13-5-7-14(8-6-13)10-15(16(19)20-4)17-12(3)18/h5-8,10-11H,9H2,1-4H3,(H,17,18). The minimum atomic E-state index is -0.563. The Kier molecular flexibility index (Phi) is 5.97. The van der Waals surface area contributed by atoms with E-state index in [1.807, 2.05) is 24.3 Å². The Hall–Kier alpha value is -2.10. The quantitative estimate of drug-likeness (QED) is 0.663. The highest BCUT2D eigenvalue weighted by molar-refractivity contribution is 5.97. The van der Waals surface area contributed by atoms with Crippen LogP contribution in [0.15, 0.2) is 30.0 Å². The third kappa shape index (κ3) is 5.26. The molecule has 0 aliphatic rings. The average molecular weight is 275 g/mol. The van der Waals surface area contributed by atoms with Gasteiger partial charge in [-0.2, -0.15) is 0 Å². The van der Waals surface area contributed by atoms with Gasteiger partial charge in [-0.3, -0.25) is 4.79 Å². The Morgan fingerprint density at radius 3 is 2.30 bits per heavy atom. The van der Waals surface area contributed by atoms with E-state index in [0.29, 0.717) is 5.92 Å². The van der Waals surface area contributed by atoms with Crippen LogP contribution in [0.5, 0.6) is 0 Å². The van der Waals surface area contributed by atoms with Crippen LogP contribution in [0.2, 0.25) is 0 Å². The monoisotopic (exact) mass is 275 g/mol. The van der Waals surface area contributed by atoms with Gasteiger partial charge in [-0.05, 0) is 29.5 Å². The lowest BCUT2D eigenvalue weighted by molar-refractivity contribution is -0.137. The third-order valence-electron chi connectivity index (χ3n) is 2.65. The van der Waals surface area contributed by atoms with Gasteiger partial charge in [0.25, 0.3) is 0 Å². The smallest absolute Gasteiger partial charge is 0.354 e. The Bertz CT molecular complexity index is 501. The zero-order chi connectivity index (χ0) is 15.1. The third-order valence-corrected chi connectivity index (χ3v) is 2.65. The van der Waals surface area contributed by atoms with Gasteiger partial charge in [0.1, 0.15) is 5.70 Å². The number of carbonyl (C=O) groups is 2. The van der Waals surface area contributed by atoms with E-state index in [1.54, 1.807) is 6.08 Å². The number of hydrogen-bond acceptors (Lipinski definition) is 3. The molecular formula is C16H21NO3. The summed E-state index contributed by atoms with van der Waals surface area (Å²) in [6.45, 7) is 5.68. The van der Waals surface area contributed by atoms with Gasteiger partial charge in [0.2, 0.25) is 5.91 Å². The van der Waals surface area contributed by atoms with Gasteiger partial charge in [-0.25, -0.2) is 4.79 Å². The first-order valence-electron chi connectivity index (χ1n) is 6.59. The summed E-state index contributed by atoms with van der Waals surface area (Å²) in [6.07, 6.45) is 2.62. The van der Waals surface area contributed by atoms with Gasteiger partial charge < -0.3 is 10.1 Å². The number of methoxy groups -OCH3 is 1. The second kappa shape index (κ2) is 7.48. The Labute approximate surface area is 119 Å². The average Bonchev–Trinajstić information content (AvgIpc) is 2.38. The van der Waals surface area contributed by atoms with Crippen molar-refractivity contribution in [2.75, 3.05) is 7.11 Å². The highest BCUT2D eigenvalue weighted by Crippen LogP contribution is 2.12. The van der Waals surface area contributed by atoms with E-state index in [9.17, 15) is 9.59 Å². The van der Waals surface area contributed by atoms with Crippen molar-refractivity contribution in [3.8, 4) is 0 Å². The van der Waals surface area contributed by atoms with Crippen molar-refractivity contribution in [1.29, 1.82) is 0 Å². The van der Waals surface area contributed by atoms with Crippen molar-refractivity contribution in [3.05, 3.63) is 41.1 Å². The van der Waals surface area contributed by atoms with E-state index in [1.165, 1.54) is 19.6 Å². The highest BCUT2D eigenvalue weighted by atomic mass is 16.5. The van der Waals surface area contributed by atoms with Crippen molar-refractivity contribution >= 4 is 18.0 Å². The predicted octanol–water partition coefficient (Wildman–Crippen LogP) is 2.54. The molecule has 1 aromatic rings. The fourth-order valence-corrected chi connectivity index (χ4v) is 1.83. The molecule has 1 amide bonds. The van der Waals surface area contributed by atoms with Gasteiger partial charge in [0.15, 0.2) is 0 Å². The molecule has 0 fully saturated rings. The largest absolute Gasteiger partial charge is 0.464 e.